The zero-order chi connectivity index (χ0) is 12.3. The molecule has 2 heteroatoms. The summed E-state index contributed by atoms with van der Waals surface area (Å²) in [6.07, 6.45) is 2.57. The summed E-state index contributed by atoms with van der Waals surface area (Å²) in [5.41, 5.74) is 16.7. The van der Waals surface area contributed by atoms with Crippen LogP contribution in [-0.4, -0.2) is 0 Å². The second-order valence-corrected chi connectivity index (χ2v) is 3.96. The molecule has 0 aliphatic heterocycles. The van der Waals surface area contributed by atoms with Crippen LogP contribution in [0.1, 0.15) is 5.56 Å². The van der Waals surface area contributed by atoms with Gasteiger partial charge in [0.2, 0.25) is 0 Å². The van der Waals surface area contributed by atoms with Crippen molar-refractivity contribution in [2.45, 2.75) is 6.42 Å². The van der Waals surface area contributed by atoms with Gasteiger partial charge in [0.05, 0.1) is 0 Å². The van der Waals surface area contributed by atoms with Crippen molar-refractivity contribution in [3.8, 4) is 11.1 Å². The number of rotatable bonds is 3. The van der Waals surface area contributed by atoms with Gasteiger partial charge in [-0.15, -0.1) is 6.58 Å². The number of nitrogen functional groups attached to an aromatic ring is 2. The monoisotopic (exact) mass is 224 g/mol. The van der Waals surface area contributed by atoms with Gasteiger partial charge in [0.15, 0.2) is 0 Å². The molecule has 0 fully saturated rings. The summed E-state index contributed by atoms with van der Waals surface area (Å²) < 4.78 is 0. The first-order chi connectivity index (χ1) is 8.24. The number of nitrogens with two attached hydrogens (primary N) is 2. The SMILES string of the molecule is C=CCc1c(N)ccc(N)c1-c1ccccc1. The summed E-state index contributed by atoms with van der Waals surface area (Å²) >= 11 is 0. The van der Waals surface area contributed by atoms with Crippen LogP contribution in [0.5, 0.6) is 0 Å². The van der Waals surface area contributed by atoms with E-state index in [4.69, 9.17) is 11.5 Å². The van der Waals surface area contributed by atoms with Crippen LogP contribution in [0.4, 0.5) is 11.4 Å². The molecule has 0 radical (unpaired) electrons. The first-order valence-electron chi connectivity index (χ1n) is 5.57. The van der Waals surface area contributed by atoms with E-state index < -0.39 is 0 Å². The number of hydrogen-bond acceptors (Lipinski definition) is 2. The van der Waals surface area contributed by atoms with Crippen LogP contribution in [-0.2, 0) is 6.42 Å². The lowest BCUT2D eigenvalue weighted by atomic mass is 9.94. The number of hydrogen-bond donors (Lipinski definition) is 2. The summed E-state index contributed by atoms with van der Waals surface area (Å²) in [6.45, 7) is 3.77. The number of anilines is 2. The molecule has 2 nitrogen and oxygen atoms in total. The fourth-order valence-corrected chi connectivity index (χ4v) is 1.99. The Hall–Kier alpha value is -2.22. The highest BCUT2D eigenvalue weighted by atomic mass is 14.6. The lowest BCUT2D eigenvalue weighted by molar-refractivity contribution is 1.28. The van der Waals surface area contributed by atoms with Crippen molar-refractivity contribution in [2.24, 2.45) is 0 Å². The van der Waals surface area contributed by atoms with Gasteiger partial charge in [-0.05, 0) is 29.7 Å². The molecule has 0 bridgehead atoms. The standard InChI is InChI=1S/C15H16N2/c1-2-6-12-13(16)9-10-14(17)15(12)11-7-4-3-5-8-11/h2-5,7-10H,1,6,16-17H2. The fourth-order valence-electron chi connectivity index (χ4n) is 1.99. The molecule has 4 N–H and O–H groups in total. The van der Waals surface area contributed by atoms with Crippen molar-refractivity contribution in [3.63, 3.8) is 0 Å². The minimum absolute atomic E-state index is 0.723. The average molecular weight is 224 g/mol. The Balaban J connectivity index is 2.67. The van der Waals surface area contributed by atoms with Crippen LogP contribution in [0.15, 0.2) is 55.1 Å². The van der Waals surface area contributed by atoms with Crippen molar-refractivity contribution < 1.29 is 0 Å². The molecule has 0 amide bonds. The molecule has 2 aromatic carbocycles. The van der Waals surface area contributed by atoms with E-state index in [0.29, 0.717) is 0 Å². The minimum atomic E-state index is 0.723. The zero-order valence-corrected chi connectivity index (χ0v) is 9.69. The van der Waals surface area contributed by atoms with Gasteiger partial charge in [-0.3, -0.25) is 0 Å². The first-order valence-corrected chi connectivity index (χ1v) is 5.57. The molecular weight excluding hydrogens is 208 g/mol. The molecule has 0 aromatic heterocycles. The van der Waals surface area contributed by atoms with E-state index in [1.165, 1.54) is 0 Å². The normalized spacial score (nSPS) is 10.1. The van der Waals surface area contributed by atoms with E-state index in [9.17, 15) is 0 Å². The highest BCUT2D eigenvalue weighted by Crippen LogP contribution is 2.33. The van der Waals surface area contributed by atoms with Gasteiger partial charge in [0.25, 0.3) is 0 Å². The second-order valence-electron chi connectivity index (χ2n) is 3.96. The Kier molecular flexibility index (Phi) is 3.15. The third-order valence-corrected chi connectivity index (χ3v) is 2.79. The quantitative estimate of drug-likeness (QED) is 0.621. The molecule has 17 heavy (non-hydrogen) atoms. The Labute approximate surface area is 102 Å². The summed E-state index contributed by atoms with van der Waals surface area (Å²) in [7, 11) is 0. The van der Waals surface area contributed by atoms with Crippen LogP contribution in [0.2, 0.25) is 0 Å². The van der Waals surface area contributed by atoms with E-state index in [0.717, 1.165) is 34.5 Å². The highest BCUT2D eigenvalue weighted by Gasteiger charge is 2.10. The molecule has 2 rings (SSSR count). The van der Waals surface area contributed by atoms with E-state index in [-0.39, 0.29) is 0 Å². The maximum atomic E-state index is 6.06. The third-order valence-electron chi connectivity index (χ3n) is 2.79. The van der Waals surface area contributed by atoms with Crippen molar-refractivity contribution in [1.29, 1.82) is 0 Å². The fraction of sp³-hybridized carbons (Fsp3) is 0.0667. The summed E-state index contributed by atoms with van der Waals surface area (Å²) in [4.78, 5) is 0. The van der Waals surface area contributed by atoms with Gasteiger partial charge in [-0.2, -0.15) is 0 Å². The predicted molar refractivity (Wildman–Crippen MR) is 74.6 cm³/mol. The Bertz CT molecular complexity index is 530. The average Bonchev–Trinajstić information content (AvgIpc) is 2.35. The van der Waals surface area contributed by atoms with Crippen LogP contribution in [0, 0.1) is 0 Å². The number of benzene rings is 2. The maximum absolute atomic E-state index is 6.06. The van der Waals surface area contributed by atoms with Gasteiger partial charge in [0, 0.05) is 16.9 Å². The van der Waals surface area contributed by atoms with Gasteiger partial charge < -0.3 is 11.5 Å². The molecule has 2 aromatic rings. The van der Waals surface area contributed by atoms with Crippen LogP contribution in [0.25, 0.3) is 11.1 Å². The van der Waals surface area contributed by atoms with E-state index in [1.54, 1.807) is 0 Å². The summed E-state index contributed by atoms with van der Waals surface area (Å²) in [5, 5.41) is 0. The van der Waals surface area contributed by atoms with E-state index >= 15 is 0 Å². The van der Waals surface area contributed by atoms with E-state index in [2.05, 4.69) is 6.58 Å². The Morgan fingerprint density at radius 2 is 1.59 bits per heavy atom. The highest BCUT2D eigenvalue weighted by molar-refractivity contribution is 5.83. The molecule has 0 aliphatic carbocycles. The minimum Gasteiger partial charge on any atom is -0.398 e. The molecule has 0 heterocycles. The summed E-state index contributed by atoms with van der Waals surface area (Å²) in [6, 6.07) is 13.8. The van der Waals surface area contributed by atoms with Crippen molar-refractivity contribution >= 4 is 11.4 Å². The molecule has 0 atom stereocenters. The van der Waals surface area contributed by atoms with Crippen molar-refractivity contribution in [1.82, 2.24) is 0 Å². The Morgan fingerprint density at radius 1 is 0.941 bits per heavy atom. The van der Waals surface area contributed by atoms with Crippen LogP contribution in [0.3, 0.4) is 0 Å². The lowest BCUT2D eigenvalue weighted by Crippen LogP contribution is -2.00. The molecule has 0 saturated heterocycles. The number of allylic oxidation sites excluding steroid dienone is 1. The van der Waals surface area contributed by atoms with Crippen molar-refractivity contribution in [3.05, 3.63) is 60.7 Å². The molecule has 0 unspecified atom stereocenters. The van der Waals surface area contributed by atoms with E-state index in [1.807, 2.05) is 48.5 Å². The van der Waals surface area contributed by atoms with Gasteiger partial charge >= 0.3 is 0 Å². The molecule has 0 spiro atoms. The summed E-state index contributed by atoms with van der Waals surface area (Å²) in [5.74, 6) is 0. The zero-order valence-electron chi connectivity index (χ0n) is 9.69. The van der Waals surface area contributed by atoms with Gasteiger partial charge in [-0.25, -0.2) is 0 Å². The van der Waals surface area contributed by atoms with Gasteiger partial charge in [-0.1, -0.05) is 36.4 Å². The lowest BCUT2D eigenvalue weighted by Gasteiger charge is -2.14. The largest absolute Gasteiger partial charge is 0.398 e. The molecular formula is C15H16N2. The smallest absolute Gasteiger partial charge is 0.0398 e. The first kappa shape index (κ1) is 11.3. The Morgan fingerprint density at radius 3 is 2.24 bits per heavy atom. The van der Waals surface area contributed by atoms with Crippen molar-refractivity contribution in [2.75, 3.05) is 11.5 Å². The topological polar surface area (TPSA) is 52.0 Å². The molecule has 0 saturated carbocycles. The second kappa shape index (κ2) is 4.74. The third kappa shape index (κ3) is 2.16. The van der Waals surface area contributed by atoms with Crippen LogP contribution < -0.4 is 11.5 Å². The maximum Gasteiger partial charge on any atom is 0.0398 e. The molecule has 0 aliphatic rings. The predicted octanol–water partition coefficient (Wildman–Crippen LogP) is 3.25. The molecule has 86 valence electrons. The van der Waals surface area contributed by atoms with Crippen LogP contribution >= 0.6 is 0 Å². The van der Waals surface area contributed by atoms with Gasteiger partial charge in [0.1, 0.15) is 0 Å².